The van der Waals surface area contributed by atoms with Crippen molar-refractivity contribution in [3.8, 4) is 5.75 Å². The van der Waals surface area contributed by atoms with Crippen molar-refractivity contribution in [3.63, 3.8) is 0 Å². The molecule has 6 heteroatoms. The molecule has 2 atom stereocenters. The number of benzene rings is 1. The van der Waals surface area contributed by atoms with E-state index in [2.05, 4.69) is 0 Å². The van der Waals surface area contributed by atoms with E-state index in [0.29, 0.717) is 24.6 Å². The number of rotatable bonds is 5. The second-order valence-electron chi connectivity index (χ2n) is 7.34. The van der Waals surface area contributed by atoms with Crippen LogP contribution in [0.1, 0.15) is 37.0 Å². The van der Waals surface area contributed by atoms with Crippen LogP contribution in [0.15, 0.2) is 24.3 Å². The zero-order chi connectivity index (χ0) is 18.8. The van der Waals surface area contributed by atoms with Gasteiger partial charge in [0.05, 0.1) is 13.2 Å². The fourth-order valence-corrected chi connectivity index (χ4v) is 4.18. The number of carbonyl (C=O) groups excluding carboxylic acids is 2. The Hall–Kier alpha value is -2.08. The number of carbonyl (C=O) groups is 2. The first-order valence-corrected chi connectivity index (χ1v) is 9.26. The predicted octanol–water partition coefficient (Wildman–Crippen LogP) is 2.18. The number of β-lactam (4-membered cyclic amide) rings is 1. The first-order valence-electron chi connectivity index (χ1n) is 9.26. The van der Waals surface area contributed by atoms with Gasteiger partial charge < -0.3 is 19.3 Å². The highest BCUT2D eigenvalue weighted by Crippen LogP contribution is 2.36. The lowest BCUT2D eigenvalue weighted by Gasteiger charge is -2.53. The zero-order valence-electron chi connectivity index (χ0n) is 16.0. The van der Waals surface area contributed by atoms with Crippen LogP contribution in [-0.4, -0.2) is 67.1 Å². The van der Waals surface area contributed by atoms with Gasteiger partial charge in [-0.3, -0.25) is 9.59 Å². The molecule has 2 aliphatic rings. The van der Waals surface area contributed by atoms with E-state index in [9.17, 15) is 9.59 Å². The second kappa shape index (κ2) is 7.66. The number of amides is 2. The number of piperidine rings is 1. The third-order valence-corrected chi connectivity index (χ3v) is 5.59. The molecule has 2 fully saturated rings. The lowest BCUT2D eigenvalue weighted by Crippen LogP contribution is -2.70. The third kappa shape index (κ3) is 3.30. The molecule has 0 radical (unpaired) electrons. The minimum Gasteiger partial charge on any atom is -0.497 e. The van der Waals surface area contributed by atoms with Crippen molar-refractivity contribution >= 4 is 11.8 Å². The molecule has 0 aliphatic carbocycles. The average molecular weight is 360 g/mol. The van der Waals surface area contributed by atoms with E-state index < -0.39 is 0 Å². The molecule has 142 valence electrons. The fourth-order valence-electron chi connectivity index (χ4n) is 4.18. The van der Waals surface area contributed by atoms with Gasteiger partial charge in [0.1, 0.15) is 5.75 Å². The van der Waals surface area contributed by atoms with Crippen LogP contribution in [-0.2, 0) is 9.53 Å². The molecule has 1 aromatic rings. The maximum absolute atomic E-state index is 12.7. The normalized spacial score (nSPS) is 24.0. The smallest absolute Gasteiger partial charge is 0.254 e. The summed E-state index contributed by atoms with van der Waals surface area (Å²) in [5.74, 6) is 1.26. The second-order valence-corrected chi connectivity index (χ2v) is 7.34. The van der Waals surface area contributed by atoms with Crippen molar-refractivity contribution in [2.45, 2.75) is 44.9 Å². The lowest BCUT2D eigenvalue weighted by molar-refractivity contribution is -0.181. The summed E-state index contributed by atoms with van der Waals surface area (Å²) in [7, 11) is 3.22. The van der Waals surface area contributed by atoms with Crippen LogP contribution in [0.3, 0.4) is 0 Å². The highest BCUT2D eigenvalue weighted by Gasteiger charge is 2.52. The largest absolute Gasteiger partial charge is 0.497 e. The van der Waals surface area contributed by atoms with E-state index >= 15 is 0 Å². The molecular formula is C20H28N2O4. The summed E-state index contributed by atoms with van der Waals surface area (Å²) >= 11 is 0. The summed E-state index contributed by atoms with van der Waals surface area (Å²) in [4.78, 5) is 28.8. The Balaban J connectivity index is 1.61. The molecular weight excluding hydrogens is 332 g/mol. The van der Waals surface area contributed by atoms with Gasteiger partial charge in [-0.25, -0.2) is 0 Å². The molecule has 2 aliphatic heterocycles. The maximum Gasteiger partial charge on any atom is 0.254 e. The van der Waals surface area contributed by atoms with Gasteiger partial charge in [-0.1, -0.05) is 0 Å². The molecule has 3 rings (SSSR count). The molecule has 0 saturated carbocycles. The van der Waals surface area contributed by atoms with E-state index in [1.54, 1.807) is 26.4 Å². The maximum atomic E-state index is 12.7. The van der Waals surface area contributed by atoms with E-state index in [0.717, 1.165) is 18.6 Å². The average Bonchev–Trinajstić information content (AvgIpc) is 2.65. The zero-order valence-corrected chi connectivity index (χ0v) is 16.0. The van der Waals surface area contributed by atoms with Crippen molar-refractivity contribution in [2.75, 3.05) is 27.3 Å². The summed E-state index contributed by atoms with van der Waals surface area (Å²) in [6.07, 6.45) is 1.46. The quantitative estimate of drug-likeness (QED) is 0.755. The Bertz CT molecular complexity index is 650. The van der Waals surface area contributed by atoms with Crippen LogP contribution >= 0.6 is 0 Å². The molecule has 1 aromatic carbocycles. The van der Waals surface area contributed by atoms with Gasteiger partial charge >= 0.3 is 0 Å². The Kier molecular flexibility index (Phi) is 5.51. The Morgan fingerprint density at radius 2 is 1.73 bits per heavy atom. The third-order valence-electron chi connectivity index (χ3n) is 5.59. The number of ether oxygens (including phenoxy) is 2. The van der Waals surface area contributed by atoms with Crippen LogP contribution in [0.25, 0.3) is 0 Å². The fraction of sp³-hybridized carbons (Fsp3) is 0.600. The summed E-state index contributed by atoms with van der Waals surface area (Å²) in [6.45, 7) is 5.50. The summed E-state index contributed by atoms with van der Waals surface area (Å²) in [5, 5.41) is 0. The molecule has 26 heavy (non-hydrogen) atoms. The van der Waals surface area contributed by atoms with Gasteiger partial charge in [0.15, 0.2) is 6.10 Å². The molecule has 0 N–H and O–H groups in total. The first-order chi connectivity index (χ1) is 12.5. The van der Waals surface area contributed by atoms with Crippen molar-refractivity contribution in [1.82, 2.24) is 9.80 Å². The lowest BCUT2D eigenvalue weighted by atomic mass is 9.79. The van der Waals surface area contributed by atoms with Gasteiger partial charge in [-0.2, -0.15) is 0 Å². The molecule has 0 spiro atoms. The van der Waals surface area contributed by atoms with Crippen molar-refractivity contribution in [2.24, 2.45) is 5.92 Å². The van der Waals surface area contributed by atoms with Gasteiger partial charge in [0, 0.05) is 31.8 Å². The molecule has 2 unspecified atom stereocenters. The van der Waals surface area contributed by atoms with E-state index in [4.69, 9.17) is 9.47 Å². The van der Waals surface area contributed by atoms with Crippen LogP contribution in [0.4, 0.5) is 0 Å². The minimum absolute atomic E-state index is 0.0554. The standard InChI is InChI=1S/C20H28N2O4/c1-13(2)22-17(18(26-4)20(22)24)14-9-11-21(12-10-14)19(23)15-5-7-16(25-3)8-6-15/h5-8,13-14,17-18H,9-12H2,1-4H3. The summed E-state index contributed by atoms with van der Waals surface area (Å²) < 4.78 is 10.6. The highest BCUT2D eigenvalue weighted by molar-refractivity contribution is 5.94. The topological polar surface area (TPSA) is 59.1 Å². The van der Waals surface area contributed by atoms with Crippen molar-refractivity contribution in [1.29, 1.82) is 0 Å². The van der Waals surface area contributed by atoms with E-state index in [1.807, 2.05) is 35.8 Å². The van der Waals surface area contributed by atoms with Gasteiger partial charge in [-0.05, 0) is 56.9 Å². The number of nitrogens with zero attached hydrogens (tertiary/aromatic N) is 2. The Morgan fingerprint density at radius 1 is 1.12 bits per heavy atom. The predicted molar refractivity (Wildman–Crippen MR) is 98.2 cm³/mol. The molecule has 2 saturated heterocycles. The number of likely N-dealkylation sites (tertiary alicyclic amines) is 2. The highest BCUT2D eigenvalue weighted by atomic mass is 16.5. The van der Waals surface area contributed by atoms with Gasteiger partial charge in [0.2, 0.25) is 0 Å². The van der Waals surface area contributed by atoms with Gasteiger partial charge in [0.25, 0.3) is 11.8 Å². The number of hydrogen-bond acceptors (Lipinski definition) is 4. The summed E-state index contributed by atoms with van der Waals surface area (Å²) in [5.41, 5.74) is 0.682. The first kappa shape index (κ1) is 18.7. The Labute approximate surface area is 155 Å². The molecule has 2 heterocycles. The van der Waals surface area contributed by atoms with E-state index in [-0.39, 0.29) is 30.0 Å². The molecule has 0 aromatic heterocycles. The van der Waals surface area contributed by atoms with Crippen LogP contribution in [0.2, 0.25) is 0 Å². The van der Waals surface area contributed by atoms with Crippen LogP contribution in [0, 0.1) is 5.92 Å². The molecule has 2 amide bonds. The SMILES string of the molecule is COc1ccc(C(=O)N2CCC(C3C(OC)C(=O)N3C(C)C)CC2)cc1. The van der Waals surface area contributed by atoms with Crippen molar-refractivity contribution in [3.05, 3.63) is 29.8 Å². The number of hydrogen-bond donors (Lipinski definition) is 0. The van der Waals surface area contributed by atoms with Crippen LogP contribution < -0.4 is 4.74 Å². The monoisotopic (exact) mass is 360 g/mol. The summed E-state index contributed by atoms with van der Waals surface area (Å²) in [6, 6.07) is 7.54. The molecule has 6 nitrogen and oxygen atoms in total. The Morgan fingerprint density at radius 3 is 2.23 bits per heavy atom. The van der Waals surface area contributed by atoms with E-state index in [1.165, 1.54) is 0 Å². The van der Waals surface area contributed by atoms with Crippen LogP contribution in [0.5, 0.6) is 5.75 Å². The van der Waals surface area contributed by atoms with Gasteiger partial charge in [-0.15, -0.1) is 0 Å². The molecule has 0 bridgehead atoms. The minimum atomic E-state index is -0.328. The number of methoxy groups -OCH3 is 2. The van der Waals surface area contributed by atoms with Crippen molar-refractivity contribution < 1.29 is 19.1 Å².